The summed E-state index contributed by atoms with van der Waals surface area (Å²) in [4.78, 5) is 26.7. The molecule has 10 nitrogen and oxygen atoms in total. The van der Waals surface area contributed by atoms with Gasteiger partial charge in [0.05, 0.1) is 43.1 Å². The van der Waals surface area contributed by atoms with Gasteiger partial charge in [0.25, 0.3) is 0 Å². The van der Waals surface area contributed by atoms with Crippen LogP contribution in [0.1, 0.15) is 63.6 Å². The first kappa shape index (κ1) is 40.4. The molecule has 2 saturated heterocycles. The van der Waals surface area contributed by atoms with Crippen LogP contribution in [0.4, 0.5) is 14.5 Å². The summed E-state index contributed by atoms with van der Waals surface area (Å²) in [6, 6.07) is 13.6. The summed E-state index contributed by atoms with van der Waals surface area (Å²) in [5.41, 5.74) is -1.27. The number of carbonyl (C=O) groups excluding carboxylic acids is 2. The van der Waals surface area contributed by atoms with E-state index in [4.69, 9.17) is 42.1 Å². The number of nitrogens with zero attached hydrogens (tertiary/aromatic N) is 1. The molecule has 14 heteroatoms. The molecule has 3 aromatic carbocycles. The van der Waals surface area contributed by atoms with E-state index in [0.717, 1.165) is 6.07 Å². The van der Waals surface area contributed by atoms with E-state index in [0.29, 0.717) is 18.6 Å². The highest BCUT2D eigenvalue weighted by molar-refractivity contribution is 6.31. The van der Waals surface area contributed by atoms with E-state index in [1.54, 1.807) is 32.0 Å². The normalized spacial score (nSPS) is 23.7. The first-order chi connectivity index (χ1) is 25.0. The molecule has 284 valence electrons. The van der Waals surface area contributed by atoms with E-state index < -0.39 is 52.2 Å². The van der Waals surface area contributed by atoms with Crippen molar-refractivity contribution < 1.29 is 37.3 Å². The van der Waals surface area contributed by atoms with Gasteiger partial charge in [0, 0.05) is 29.1 Å². The van der Waals surface area contributed by atoms with Crippen LogP contribution in [0.2, 0.25) is 10.0 Å². The van der Waals surface area contributed by atoms with E-state index in [-0.39, 0.29) is 64.4 Å². The van der Waals surface area contributed by atoms with Crippen molar-refractivity contribution in [3.63, 3.8) is 0 Å². The van der Waals surface area contributed by atoms with Gasteiger partial charge in [-0.3, -0.25) is 9.59 Å². The summed E-state index contributed by atoms with van der Waals surface area (Å²) in [5, 5.41) is 19.9. The average Bonchev–Trinajstić information content (AvgIpc) is 3.60. The summed E-state index contributed by atoms with van der Waals surface area (Å²) >= 11 is 12.4. The lowest BCUT2D eigenvalue weighted by atomic mass is 9.62. The average molecular weight is 774 g/mol. The molecule has 0 radical (unpaired) electrons. The molecule has 2 heterocycles. The lowest BCUT2D eigenvalue weighted by molar-refractivity contribution is -0.140. The van der Waals surface area contributed by atoms with Crippen LogP contribution in [0.5, 0.6) is 5.75 Å². The van der Waals surface area contributed by atoms with E-state index in [2.05, 4.69) is 22.0 Å². The van der Waals surface area contributed by atoms with E-state index in [1.807, 2.05) is 20.8 Å². The Balaban J connectivity index is 1.40. The molecule has 2 amide bonds. The van der Waals surface area contributed by atoms with Crippen LogP contribution in [-0.2, 0) is 35.8 Å². The fourth-order valence-electron chi connectivity index (χ4n) is 7.10. The van der Waals surface area contributed by atoms with Crippen molar-refractivity contribution in [2.45, 2.75) is 83.0 Å². The Bertz CT molecular complexity index is 1880. The number of ether oxygens (including phenoxy) is 4. The number of nitrogens with one attached hydrogen (secondary N) is 3. The van der Waals surface area contributed by atoms with E-state index in [9.17, 15) is 14.9 Å². The van der Waals surface area contributed by atoms with Crippen LogP contribution >= 0.6 is 23.2 Å². The van der Waals surface area contributed by atoms with Gasteiger partial charge in [0.1, 0.15) is 35.5 Å². The van der Waals surface area contributed by atoms with Gasteiger partial charge in [0.2, 0.25) is 11.8 Å². The molecule has 0 aliphatic carbocycles. The molecule has 0 bridgehead atoms. The number of halogens is 4. The van der Waals surface area contributed by atoms with Crippen molar-refractivity contribution in [2.75, 3.05) is 32.2 Å². The Morgan fingerprint density at radius 3 is 2.51 bits per heavy atom. The molecule has 0 aromatic heterocycles. The van der Waals surface area contributed by atoms with Gasteiger partial charge < -0.3 is 34.9 Å². The van der Waals surface area contributed by atoms with Gasteiger partial charge in [0.15, 0.2) is 5.79 Å². The van der Waals surface area contributed by atoms with Crippen LogP contribution in [0.25, 0.3) is 0 Å². The maximum atomic E-state index is 16.0. The highest BCUT2D eigenvalue weighted by Crippen LogP contribution is 2.53. The number of anilines is 1. The Morgan fingerprint density at radius 1 is 1.11 bits per heavy atom. The minimum Gasteiger partial charge on any atom is -0.495 e. The fourth-order valence-corrected chi connectivity index (χ4v) is 7.44. The fraction of sp³-hybridized carbons (Fsp3) is 0.462. The predicted octanol–water partition coefficient (Wildman–Crippen LogP) is 7.02. The number of carbonyl (C=O) groups is 2. The Hall–Kier alpha value is -3.83. The number of benzene rings is 3. The Labute approximate surface area is 318 Å². The molecule has 0 spiro atoms. The van der Waals surface area contributed by atoms with E-state index in [1.165, 1.54) is 37.4 Å². The van der Waals surface area contributed by atoms with Crippen molar-refractivity contribution >= 4 is 40.7 Å². The van der Waals surface area contributed by atoms with Crippen molar-refractivity contribution in [1.29, 1.82) is 5.26 Å². The zero-order valence-corrected chi connectivity index (χ0v) is 32.0. The molecular formula is C39H44Cl2F2N4O6. The molecule has 3 aromatic rings. The second kappa shape index (κ2) is 16.3. The standard InChI is InChI=1S/C39H44Cl2F2N4O6/c1-37(2,3)16-31-39(21-44,26-12-11-23(40)15-28(26)42)33(25-8-7-9-27(41)34(25)43)35(47-31)36(49)46-29-13-10-22(14-30(29)50-6)18-51-20-32(48)45-17-24-19-52-38(4,5)53-24/h7-15,24,31,33,35,47H,16-20H2,1-6H3,(H,45,48)(H,46,49). The van der Waals surface area contributed by atoms with Crippen molar-refractivity contribution in [3.8, 4) is 11.8 Å². The minimum atomic E-state index is -1.78. The van der Waals surface area contributed by atoms with Gasteiger partial charge in [-0.25, -0.2) is 8.78 Å². The topological polar surface area (TPSA) is 131 Å². The minimum absolute atomic E-state index is 0.0195. The van der Waals surface area contributed by atoms with Gasteiger partial charge in [-0.1, -0.05) is 68.2 Å². The summed E-state index contributed by atoms with van der Waals surface area (Å²) in [7, 11) is 1.43. The molecule has 5 rings (SSSR count). The lowest BCUT2D eigenvalue weighted by Gasteiger charge is -2.37. The molecule has 2 aliphatic heterocycles. The quantitative estimate of drug-likeness (QED) is 0.179. The molecule has 2 aliphatic rings. The number of nitriles is 1. The SMILES string of the molecule is COc1cc(COCC(=O)NCC2COC(C)(C)O2)ccc1NC(=O)C1NC(CC(C)(C)C)C(C#N)(c2ccc(Cl)cc2F)C1c1cccc(Cl)c1F. The second-order valence-corrected chi connectivity index (χ2v) is 15.8. The van der Waals surface area contributed by atoms with Gasteiger partial charge >= 0.3 is 0 Å². The zero-order valence-electron chi connectivity index (χ0n) is 30.4. The first-order valence-corrected chi connectivity index (χ1v) is 17.9. The van der Waals surface area contributed by atoms with Crippen LogP contribution in [0.3, 0.4) is 0 Å². The number of amides is 2. The number of hydrogen-bond acceptors (Lipinski definition) is 8. The van der Waals surface area contributed by atoms with Crippen LogP contribution in [-0.4, -0.2) is 62.7 Å². The lowest BCUT2D eigenvalue weighted by Crippen LogP contribution is -2.45. The first-order valence-electron chi connectivity index (χ1n) is 17.2. The summed E-state index contributed by atoms with van der Waals surface area (Å²) in [6.45, 7) is 10.0. The summed E-state index contributed by atoms with van der Waals surface area (Å²) in [5.74, 6) is -4.14. The summed E-state index contributed by atoms with van der Waals surface area (Å²) < 4.78 is 54.4. The third kappa shape index (κ3) is 9.11. The van der Waals surface area contributed by atoms with Gasteiger partial charge in [-0.05, 0) is 67.1 Å². The predicted molar refractivity (Wildman–Crippen MR) is 197 cm³/mol. The maximum absolute atomic E-state index is 16.0. The second-order valence-electron chi connectivity index (χ2n) is 15.0. The van der Waals surface area contributed by atoms with Crippen molar-refractivity contribution in [1.82, 2.24) is 10.6 Å². The summed E-state index contributed by atoms with van der Waals surface area (Å²) in [6.07, 6.45) is 0.0710. The maximum Gasteiger partial charge on any atom is 0.246 e. The zero-order chi connectivity index (χ0) is 38.7. The molecule has 53 heavy (non-hydrogen) atoms. The molecule has 2 fully saturated rings. The van der Waals surface area contributed by atoms with Crippen LogP contribution in [0, 0.1) is 28.4 Å². The number of rotatable bonds is 12. The highest BCUT2D eigenvalue weighted by atomic mass is 35.5. The molecule has 5 unspecified atom stereocenters. The Morgan fingerprint density at radius 2 is 1.87 bits per heavy atom. The smallest absolute Gasteiger partial charge is 0.246 e. The van der Waals surface area contributed by atoms with E-state index >= 15 is 8.78 Å². The molecule has 0 saturated carbocycles. The Kier molecular flexibility index (Phi) is 12.4. The monoisotopic (exact) mass is 772 g/mol. The molecular weight excluding hydrogens is 729 g/mol. The molecule has 5 atom stereocenters. The van der Waals surface area contributed by atoms with Crippen LogP contribution < -0.4 is 20.7 Å². The van der Waals surface area contributed by atoms with Crippen molar-refractivity contribution in [2.24, 2.45) is 5.41 Å². The van der Waals surface area contributed by atoms with Crippen molar-refractivity contribution in [3.05, 3.63) is 93.0 Å². The highest BCUT2D eigenvalue weighted by Gasteiger charge is 2.61. The van der Waals surface area contributed by atoms with Gasteiger partial charge in [-0.15, -0.1) is 0 Å². The third-order valence-corrected chi connectivity index (χ3v) is 9.88. The number of hydrogen-bond donors (Lipinski definition) is 3. The van der Waals surface area contributed by atoms with Gasteiger partial charge in [-0.2, -0.15) is 5.26 Å². The largest absolute Gasteiger partial charge is 0.495 e. The number of methoxy groups -OCH3 is 1. The van der Waals surface area contributed by atoms with Crippen LogP contribution in [0.15, 0.2) is 54.6 Å². The molecule has 3 N–H and O–H groups in total. The third-order valence-electron chi connectivity index (χ3n) is 9.35.